The number of nitrogens with two attached hydrogens (primary N) is 1. The number of pyridine rings is 1. The van der Waals surface area contributed by atoms with Crippen LogP contribution in [0.15, 0.2) is 48.9 Å². The van der Waals surface area contributed by atoms with Gasteiger partial charge in [0.05, 0.1) is 12.8 Å². The molecular weight excluding hydrogens is 361 g/mol. The molecule has 0 spiro atoms. The van der Waals surface area contributed by atoms with E-state index in [4.69, 9.17) is 15.2 Å². The minimum absolute atomic E-state index is 0.142. The third-order valence-electron chi connectivity index (χ3n) is 4.22. The first kappa shape index (κ1) is 19.5. The molecule has 0 aliphatic heterocycles. The maximum Gasteiger partial charge on any atom is 0.150 e. The van der Waals surface area contributed by atoms with E-state index in [9.17, 15) is 4.39 Å². The predicted octanol–water partition coefficient (Wildman–Crippen LogP) is 3.51. The minimum atomic E-state index is -0.290. The van der Waals surface area contributed by atoms with Crippen molar-refractivity contribution in [3.05, 3.63) is 65.9 Å². The van der Waals surface area contributed by atoms with E-state index in [1.54, 1.807) is 43.9 Å². The van der Waals surface area contributed by atoms with Crippen molar-refractivity contribution in [2.24, 2.45) is 0 Å². The monoisotopic (exact) mass is 383 g/mol. The number of nitrogens with zero attached hydrogens (tertiary/aromatic N) is 3. The normalized spacial score (nSPS) is 11.8. The van der Waals surface area contributed by atoms with Gasteiger partial charge in [-0.2, -0.15) is 0 Å². The summed E-state index contributed by atoms with van der Waals surface area (Å²) >= 11 is 0. The molecule has 7 nitrogen and oxygen atoms in total. The van der Waals surface area contributed by atoms with Gasteiger partial charge in [-0.25, -0.2) is 14.4 Å². The molecular formula is C20H22FN5O2. The number of hydrogen-bond acceptors (Lipinski definition) is 7. The van der Waals surface area contributed by atoms with Crippen LogP contribution in [0.2, 0.25) is 0 Å². The van der Waals surface area contributed by atoms with E-state index < -0.39 is 0 Å². The van der Waals surface area contributed by atoms with Gasteiger partial charge in [-0.05, 0) is 17.7 Å². The van der Waals surface area contributed by atoms with Crippen LogP contribution in [-0.4, -0.2) is 35.3 Å². The Morgan fingerprint density at radius 1 is 1.14 bits per heavy atom. The van der Waals surface area contributed by atoms with Gasteiger partial charge in [0.1, 0.15) is 35.6 Å². The number of nitrogens with one attached hydrogen (secondary N) is 1. The highest BCUT2D eigenvalue weighted by atomic mass is 19.1. The first-order chi connectivity index (χ1) is 13.6. The fourth-order valence-corrected chi connectivity index (χ4v) is 2.82. The molecule has 0 bridgehead atoms. The van der Waals surface area contributed by atoms with E-state index >= 15 is 0 Å². The minimum Gasteiger partial charge on any atom is -0.491 e. The zero-order valence-corrected chi connectivity index (χ0v) is 15.7. The molecule has 2 heterocycles. The van der Waals surface area contributed by atoms with E-state index in [0.29, 0.717) is 36.4 Å². The number of aromatic nitrogens is 3. The molecule has 0 saturated carbocycles. The summed E-state index contributed by atoms with van der Waals surface area (Å²) in [7, 11) is 1.60. The number of methoxy groups -OCH3 is 1. The molecule has 1 unspecified atom stereocenters. The molecule has 3 rings (SSSR count). The van der Waals surface area contributed by atoms with Crippen molar-refractivity contribution < 1.29 is 13.9 Å². The number of benzene rings is 1. The van der Waals surface area contributed by atoms with Crippen molar-refractivity contribution in [3.63, 3.8) is 0 Å². The molecule has 1 aromatic carbocycles. The highest BCUT2D eigenvalue weighted by Gasteiger charge is 2.20. The van der Waals surface area contributed by atoms with Crippen LogP contribution in [0, 0.1) is 5.82 Å². The van der Waals surface area contributed by atoms with Crippen molar-refractivity contribution in [2.45, 2.75) is 12.8 Å². The lowest BCUT2D eigenvalue weighted by atomic mass is 9.92. The molecule has 0 amide bonds. The second-order valence-corrected chi connectivity index (χ2v) is 6.13. The summed E-state index contributed by atoms with van der Waals surface area (Å²) < 4.78 is 24.3. The third kappa shape index (κ3) is 4.72. The number of hydrogen-bond donors (Lipinski definition) is 2. The van der Waals surface area contributed by atoms with Gasteiger partial charge in [-0.3, -0.25) is 4.98 Å². The standard InChI is InChI=1S/C20H22FN5O2/c1-13(14-3-5-15(21)6-4-14)19-16(28-10-9-27-2)11-17(26-20(19)22)25-18-12-23-7-8-24-18/h3-8,11-13H,9-10H2,1-2H3,(H3,22,24,25,26). The largest absolute Gasteiger partial charge is 0.491 e. The van der Waals surface area contributed by atoms with Crippen LogP contribution in [-0.2, 0) is 4.74 Å². The third-order valence-corrected chi connectivity index (χ3v) is 4.22. The van der Waals surface area contributed by atoms with Gasteiger partial charge in [-0.1, -0.05) is 19.1 Å². The van der Waals surface area contributed by atoms with Crippen molar-refractivity contribution >= 4 is 17.5 Å². The summed E-state index contributed by atoms with van der Waals surface area (Å²) in [4.78, 5) is 12.6. The van der Waals surface area contributed by atoms with Crippen LogP contribution >= 0.6 is 0 Å². The quantitative estimate of drug-likeness (QED) is 0.575. The SMILES string of the molecule is COCCOc1cc(Nc2cnccn2)nc(N)c1C(C)c1ccc(F)cc1. The molecule has 2 aromatic heterocycles. The number of nitrogen functional groups attached to an aromatic ring is 1. The van der Waals surface area contributed by atoms with Gasteiger partial charge in [0, 0.05) is 37.1 Å². The molecule has 0 radical (unpaired) electrons. The molecule has 146 valence electrons. The second kappa shape index (κ2) is 9.09. The summed E-state index contributed by atoms with van der Waals surface area (Å²) in [5.41, 5.74) is 7.91. The van der Waals surface area contributed by atoms with Gasteiger partial charge >= 0.3 is 0 Å². The van der Waals surface area contributed by atoms with Gasteiger partial charge in [0.15, 0.2) is 0 Å². The number of rotatable bonds is 8. The van der Waals surface area contributed by atoms with E-state index in [1.165, 1.54) is 12.1 Å². The Labute approximate surface area is 162 Å². The number of anilines is 3. The lowest BCUT2D eigenvalue weighted by molar-refractivity contribution is 0.145. The van der Waals surface area contributed by atoms with Gasteiger partial charge in [-0.15, -0.1) is 0 Å². The summed E-state index contributed by atoms with van der Waals surface area (Å²) in [5, 5.41) is 3.06. The highest BCUT2D eigenvalue weighted by molar-refractivity contribution is 5.63. The van der Waals surface area contributed by atoms with E-state index in [-0.39, 0.29) is 11.7 Å². The number of halogens is 1. The Kier molecular flexibility index (Phi) is 6.33. The van der Waals surface area contributed by atoms with Crippen LogP contribution in [0.5, 0.6) is 5.75 Å². The summed E-state index contributed by atoms with van der Waals surface area (Å²) in [6.45, 7) is 2.76. The fourth-order valence-electron chi connectivity index (χ4n) is 2.82. The Morgan fingerprint density at radius 3 is 2.61 bits per heavy atom. The first-order valence-electron chi connectivity index (χ1n) is 8.79. The Bertz CT molecular complexity index is 906. The molecule has 3 N–H and O–H groups in total. The second-order valence-electron chi connectivity index (χ2n) is 6.13. The van der Waals surface area contributed by atoms with E-state index in [2.05, 4.69) is 20.3 Å². The van der Waals surface area contributed by atoms with Crippen molar-refractivity contribution in [2.75, 3.05) is 31.4 Å². The van der Waals surface area contributed by atoms with Crippen molar-refractivity contribution in [3.8, 4) is 5.75 Å². The molecule has 8 heteroatoms. The Balaban J connectivity index is 1.95. The average Bonchev–Trinajstić information content (AvgIpc) is 2.69. The zero-order valence-electron chi connectivity index (χ0n) is 15.7. The van der Waals surface area contributed by atoms with Crippen LogP contribution in [0.3, 0.4) is 0 Å². The molecule has 0 saturated heterocycles. The van der Waals surface area contributed by atoms with Crippen LogP contribution in [0.1, 0.15) is 24.0 Å². The molecule has 0 aliphatic carbocycles. The summed E-state index contributed by atoms with van der Waals surface area (Å²) in [6, 6.07) is 8.06. The van der Waals surface area contributed by atoms with Crippen molar-refractivity contribution in [1.82, 2.24) is 15.0 Å². The Hall–Kier alpha value is -3.26. The fraction of sp³-hybridized carbons (Fsp3) is 0.250. The molecule has 0 fully saturated rings. The van der Waals surface area contributed by atoms with Gasteiger partial charge < -0.3 is 20.5 Å². The van der Waals surface area contributed by atoms with Gasteiger partial charge in [0.2, 0.25) is 0 Å². The topological polar surface area (TPSA) is 95.2 Å². The Morgan fingerprint density at radius 2 is 1.93 bits per heavy atom. The first-order valence-corrected chi connectivity index (χ1v) is 8.79. The van der Waals surface area contributed by atoms with Crippen LogP contribution < -0.4 is 15.8 Å². The van der Waals surface area contributed by atoms with Crippen LogP contribution in [0.25, 0.3) is 0 Å². The van der Waals surface area contributed by atoms with Gasteiger partial charge in [0.25, 0.3) is 0 Å². The predicted molar refractivity (Wildman–Crippen MR) is 105 cm³/mol. The lowest BCUT2D eigenvalue weighted by Gasteiger charge is -2.20. The lowest BCUT2D eigenvalue weighted by Crippen LogP contribution is -2.12. The molecule has 3 aromatic rings. The van der Waals surface area contributed by atoms with E-state index in [1.807, 2.05) is 6.92 Å². The molecule has 0 aliphatic rings. The zero-order chi connectivity index (χ0) is 19.9. The summed E-state index contributed by atoms with van der Waals surface area (Å²) in [5.74, 6) is 1.49. The van der Waals surface area contributed by atoms with Crippen molar-refractivity contribution in [1.29, 1.82) is 0 Å². The van der Waals surface area contributed by atoms with E-state index in [0.717, 1.165) is 11.1 Å². The average molecular weight is 383 g/mol. The maximum absolute atomic E-state index is 13.3. The summed E-state index contributed by atoms with van der Waals surface area (Å²) in [6.07, 6.45) is 4.74. The smallest absolute Gasteiger partial charge is 0.150 e. The maximum atomic E-state index is 13.3. The van der Waals surface area contributed by atoms with Crippen LogP contribution in [0.4, 0.5) is 21.8 Å². The molecule has 28 heavy (non-hydrogen) atoms. The number of ether oxygens (including phenoxy) is 2. The molecule has 1 atom stereocenters. The highest BCUT2D eigenvalue weighted by Crippen LogP contribution is 2.37.